The van der Waals surface area contributed by atoms with Crippen LogP contribution in [0.3, 0.4) is 0 Å². The molecule has 126 valence electrons. The Morgan fingerprint density at radius 3 is 2.43 bits per heavy atom. The van der Waals surface area contributed by atoms with Crippen LogP contribution in [-0.4, -0.2) is 47.9 Å². The molecule has 1 amide bonds. The summed E-state index contributed by atoms with van der Waals surface area (Å²) >= 11 is 0. The van der Waals surface area contributed by atoms with Crippen molar-refractivity contribution in [3.63, 3.8) is 0 Å². The zero-order chi connectivity index (χ0) is 16.1. The molecule has 1 atom stereocenters. The lowest BCUT2D eigenvalue weighted by Gasteiger charge is -2.37. The Morgan fingerprint density at radius 2 is 1.70 bits per heavy atom. The number of benzene rings is 1. The van der Waals surface area contributed by atoms with E-state index in [1.54, 1.807) is 12.1 Å². The van der Waals surface area contributed by atoms with Gasteiger partial charge in [0.05, 0.1) is 0 Å². The third-order valence-electron chi connectivity index (χ3n) is 5.21. The molecule has 0 unspecified atom stereocenters. The fraction of sp³-hybridized carbons (Fsp3) is 0.632. The summed E-state index contributed by atoms with van der Waals surface area (Å²) in [6, 6.07) is 6.30. The van der Waals surface area contributed by atoms with E-state index in [1.807, 2.05) is 4.90 Å². The molecule has 1 aromatic carbocycles. The van der Waals surface area contributed by atoms with Gasteiger partial charge in [-0.1, -0.05) is 6.42 Å². The van der Waals surface area contributed by atoms with Crippen molar-refractivity contribution in [3.8, 4) is 0 Å². The maximum absolute atomic E-state index is 13.1. The molecule has 23 heavy (non-hydrogen) atoms. The Morgan fingerprint density at radius 1 is 1.00 bits per heavy atom. The summed E-state index contributed by atoms with van der Waals surface area (Å²) in [7, 11) is 0. The van der Waals surface area contributed by atoms with E-state index in [0.717, 1.165) is 32.4 Å². The van der Waals surface area contributed by atoms with Gasteiger partial charge in [-0.25, -0.2) is 4.39 Å². The number of hydrogen-bond donors (Lipinski definition) is 0. The number of halogens is 1. The predicted molar refractivity (Wildman–Crippen MR) is 90.0 cm³/mol. The molecule has 0 N–H and O–H groups in total. The van der Waals surface area contributed by atoms with Gasteiger partial charge in [0.25, 0.3) is 5.91 Å². The summed E-state index contributed by atoms with van der Waals surface area (Å²) in [6.07, 6.45) is 8.42. The average Bonchev–Trinajstić information content (AvgIpc) is 2.61. The monoisotopic (exact) mass is 318 g/mol. The van der Waals surface area contributed by atoms with Crippen LogP contribution in [0, 0.1) is 5.82 Å². The lowest BCUT2D eigenvalue weighted by molar-refractivity contribution is 0.0579. The van der Waals surface area contributed by atoms with Crippen LogP contribution in [0.2, 0.25) is 0 Å². The fourth-order valence-electron chi connectivity index (χ4n) is 3.84. The van der Waals surface area contributed by atoms with Crippen molar-refractivity contribution in [2.75, 3.05) is 26.2 Å². The summed E-state index contributed by atoms with van der Waals surface area (Å²) in [5, 5.41) is 0. The first kappa shape index (κ1) is 16.4. The Labute approximate surface area is 138 Å². The molecule has 0 aromatic heterocycles. The van der Waals surface area contributed by atoms with E-state index in [0.29, 0.717) is 11.6 Å². The van der Waals surface area contributed by atoms with Gasteiger partial charge in [-0.05, 0) is 75.9 Å². The standard InChI is InChI=1S/C19H27FN2O/c20-17-9-7-16(8-10-17)19(23)22-14-5-2-6-18(22)11-15-21-12-3-1-4-13-21/h7-10,18H,1-6,11-15H2/t18-/m0/s1. The van der Waals surface area contributed by atoms with Crippen LogP contribution in [0.15, 0.2) is 24.3 Å². The van der Waals surface area contributed by atoms with Crippen LogP contribution < -0.4 is 0 Å². The summed E-state index contributed by atoms with van der Waals surface area (Å²) in [5.41, 5.74) is 0.608. The maximum atomic E-state index is 13.1. The highest BCUT2D eigenvalue weighted by atomic mass is 19.1. The van der Waals surface area contributed by atoms with Gasteiger partial charge in [-0.3, -0.25) is 4.79 Å². The highest BCUT2D eigenvalue weighted by molar-refractivity contribution is 5.94. The van der Waals surface area contributed by atoms with Crippen molar-refractivity contribution in [2.45, 2.75) is 51.0 Å². The Hall–Kier alpha value is -1.42. The Balaban J connectivity index is 1.61. The molecule has 2 saturated heterocycles. The van der Waals surface area contributed by atoms with Crippen LogP contribution in [0.25, 0.3) is 0 Å². The zero-order valence-corrected chi connectivity index (χ0v) is 13.8. The van der Waals surface area contributed by atoms with Gasteiger partial charge in [0, 0.05) is 24.7 Å². The van der Waals surface area contributed by atoms with E-state index in [1.165, 1.54) is 50.9 Å². The number of nitrogens with zero attached hydrogens (tertiary/aromatic N) is 2. The normalized spacial score (nSPS) is 23.0. The summed E-state index contributed by atoms with van der Waals surface area (Å²) in [5.74, 6) is -0.227. The maximum Gasteiger partial charge on any atom is 0.254 e. The molecule has 2 heterocycles. The van der Waals surface area contributed by atoms with Crippen molar-refractivity contribution in [2.24, 2.45) is 0 Å². The van der Waals surface area contributed by atoms with Crippen molar-refractivity contribution in [3.05, 3.63) is 35.6 Å². The van der Waals surface area contributed by atoms with E-state index < -0.39 is 0 Å². The van der Waals surface area contributed by atoms with Gasteiger partial charge in [0.2, 0.25) is 0 Å². The first-order valence-corrected chi connectivity index (χ1v) is 9.03. The second-order valence-corrected chi connectivity index (χ2v) is 6.85. The molecule has 4 heteroatoms. The van der Waals surface area contributed by atoms with Crippen molar-refractivity contribution >= 4 is 5.91 Å². The van der Waals surface area contributed by atoms with Gasteiger partial charge in [0.15, 0.2) is 0 Å². The van der Waals surface area contributed by atoms with E-state index in [9.17, 15) is 9.18 Å². The van der Waals surface area contributed by atoms with Gasteiger partial charge < -0.3 is 9.80 Å². The average molecular weight is 318 g/mol. The van der Waals surface area contributed by atoms with Crippen molar-refractivity contribution in [1.82, 2.24) is 9.80 Å². The molecule has 3 nitrogen and oxygen atoms in total. The van der Waals surface area contributed by atoms with Gasteiger partial charge in [-0.15, -0.1) is 0 Å². The Kier molecular flexibility index (Phi) is 5.65. The van der Waals surface area contributed by atoms with E-state index in [4.69, 9.17) is 0 Å². The molecule has 0 radical (unpaired) electrons. The largest absolute Gasteiger partial charge is 0.336 e. The second kappa shape index (κ2) is 7.91. The van der Waals surface area contributed by atoms with E-state index >= 15 is 0 Å². The summed E-state index contributed by atoms with van der Waals surface area (Å²) in [6.45, 7) is 4.34. The number of likely N-dealkylation sites (tertiary alicyclic amines) is 2. The fourth-order valence-corrected chi connectivity index (χ4v) is 3.84. The molecule has 2 fully saturated rings. The summed E-state index contributed by atoms with van der Waals surface area (Å²) in [4.78, 5) is 17.3. The van der Waals surface area contributed by atoms with Crippen molar-refractivity contribution < 1.29 is 9.18 Å². The van der Waals surface area contributed by atoms with Crippen molar-refractivity contribution in [1.29, 1.82) is 0 Å². The smallest absolute Gasteiger partial charge is 0.254 e. The molecule has 0 bridgehead atoms. The number of hydrogen-bond acceptors (Lipinski definition) is 2. The van der Waals surface area contributed by atoms with E-state index in [-0.39, 0.29) is 11.7 Å². The summed E-state index contributed by atoms with van der Waals surface area (Å²) < 4.78 is 13.1. The molecular formula is C19H27FN2O. The third-order valence-corrected chi connectivity index (χ3v) is 5.21. The second-order valence-electron chi connectivity index (χ2n) is 6.85. The number of piperidine rings is 2. The predicted octanol–water partition coefficient (Wildman–Crippen LogP) is 3.70. The molecule has 0 saturated carbocycles. The zero-order valence-electron chi connectivity index (χ0n) is 13.8. The van der Waals surface area contributed by atoms with Crippen LogP contribution in [-0.2, 0) is 0 Å². The minimum atomic E-state index is -0.290. The molecule has 2 aliphatic heterocycles. The minimum absolute atomic E-state index is 0.0633. The first-order valence-electron chi connectivity index (χ1n) is 9.03. The molecule has 2 aliphatic rings. The topological polar surface area (TPSA) is 23.6 Å². The van der Waals surface area contributed by atoms with E-state index in [2.05, 4.69) is 4.90 Å². The lowest BCUT2D eigenvalue weighted by atomic mass is 9.97. The minimum Gasteiger partial charge on any atom is -0.336 e. The molecule has 3 rings (SSSR count). The van der Waals surface area contributed by atoms with Crippen LogP contribution in [0.1, 0.15) is 55.3 Å². The SMILES string of the molecule is O=C(c1ccc(F)cc1)N1CCCC[C@H]1CCN1CCCCC1. The molecule has 1 aromatic rings. The van der Waals surface area contributed by atoms with Gasteiger partial charge in [-0.2, -0.15) is 0 Å². The van der Waals surface area contributed by atoms with Crippen LogP contribution >= 0.6 is 0 Å². The number of carbonyl (C=O) groups is 1. The number of carbonyl (C=O) groups excluding carboxylic acids is 1. The third kappa shape index (κ3) is 4.31. The number of rotatable bonds is 4. The highest BCUT2D eigenvalue weighted by Crippen LogP contribution is 2.23. The Bertz CT molecular complexity index is 511. The quantitative estimate of drug-likeness (QED) is 0.845. The van der Waals surface area contributed by atoms with Gasteiger partial charge >= 0.3 is 0 Å². The highest BCUT2D eigenvalue weighted by Gasteiger charge is 2.27. The number of amides is 1. The van der Waals surface area contributed by atoms with Crippen LogP contribution in [0.4, 0.5) is 4.39 Å². The molecular weight excluding hydrogens is 291 g/mol. The van der Waals surface area contributed by atoms with Gasteiger partial charge in [0.1, 0.15) is 5.82 Å². The lowest BCUT2D eigenvalue weighted by Crippen LogP contribution is -2.45. The molecule has 0 spiro atoms. The first-order chi connectivity index (χ1) is 11.2. The van der Waals surface area contributed by atoms with Crippen LogP contribution in [0.5, 0.6) is 0 Å². The molecule has 0 aliphatic carbocycles.